The molecule has 0 bridgehead atoms. The number of aromatic nitrogens is 2. The first-order chi connectivity index (χ1) is 20.5. The Bertz CT molecular complexity index is 1670. The van der Waals surface area contributed by atoms with Gasteiger partial charge in [-0.05, 0) is 61.6 Å². The molecule has 0 saturated heterocycles. The SMILES string of the molecule is O=C(N[C@@H](Cc1cnc[nH]1)C(=O)N/N=C\c1ccc(OCc2cccc3ccccc23)c(Br)c1)OCc1ccccc1. The quantitative estimate of drug-likeness (QED) is 0.125. The van der Waals surface area contributed by atoms with Gasteiger partial charge in [0, 0.05) is 18.3 Å². The summed E-state index contributed by atoms with van der Waals surface area (Å²) in [6.07, 6.45) is 4.06. The summed E-state index contributed by atoms with van der Waals surface area (Å²) in [6.45, 7) is 0.502. The van der Waals surface area contributed by atoms with Crippen LogP contribution in [0.15, 0.2) is 113 Å². The highest BCUT2D eigenvalue weighted by Gasteiger charge is 2.22. The minimum absolute atomic E-state index is 0.0831. The second kappa shape index (κ2) is 14.1. The Kier molecular flexibility index (Phi) is 9.58. The van der Waals surface area contributed by atoms with Gasteiger partial charge in [0.05, 0.1) is 17.0 Å². The van der Waals surface area contributed by atoms with Gasteiger partial charge in [-0.3, -0.25) is 4.79 Å². The highest BCUT2D eigenvalue weighted by Crippen LogP contribution is 2.27. The highest BCUT2D eigenvalue weighted by atomic mass is 79.9. The van der Waals surface area contributed by atoms with Crippen LogP contribution in [-0.4, -0.2) is 34.2 Å². The van der Waals surface area contributed by atoms with Crippen molar-refractivity contribution in [3.63, 3.8) is 0 Å². The molecule has 10 heteroatoms. The molecule has 0 saturated carbocycles. The third-order valence-electron chi connectivity index (χ3n) is 6.41. The van der Waals surface area contributed by atoms with E-state index in [1.807, 2.05) is 66.7 Å². The van der Waals surface area contributed by atoms with E-state index >= 15 is 0 Å². The van der Waals surface area contributed by atoms with Crippen LogP contribution in [0.4, 0.5) is 4.79 Å². The molecule has 42 heavy (non-hydrogen) atoms. The van der Waals surface area contributed by atoms with Crippen LogP contribution in [0, 0.1) is 0 Å². The van der Waals surface area contributed by atoms with E-state index in [1.165, 1.54) is 12.5 Å². The van der Waals surface area contributed by atoms with Crippen molar-refractivity contribution in [2.24, 2.45) is 5.10 Å². The predicted octanol–water partition coefficient (Wildman–Crippen LogP) is 5.89. The van der Waals surface area contributed by atoms with Gasteiger partial charge in [0.1, 0.15) is 25.0 Å². The van der Waals surface area contributed by atoms with Crippen LogP contribution in [-0.2, 0) is 29.2 Å². The Morgan fingerprint density at radius 1 is 0.976 bits per heavy atom. The van der Waals surface area contributed by atoms with Gasteiger partial charge >= 0.3 is 6.09 Å². The van der Waals surface area contributed by atoms with Crippen LogP contribution in [0.1, 0.15) is 22.4 Å². The number of hydrogen-bond donors (Lipinski definition) is 3. The van der Waals surface area contributed by atoms with Crippen LogP contribution in [0.3, 0.4) is 0 Å². The van der Waals surface area contributed by atoms with Crippen molar-refractivity contribution >= 4 is 44.9 Å². The molecule has 4 aromatic carbocycles. The molecule has 0 aliphatic heterocycles. The van der Waals surface area contributed by atoms with Gasteiger partial charge < -0.3 is 19.8 Å². The summed E-state index contributed by atoms with van der Waals surface area (Å²) in [5, 5.41) is 9.01. The number of rotatable bonds is 11. The smallest absolute Gasteiger partial charge is 0.408 e. The number of ether oxygens (including phenoxy) is 2. The zero-order valence-corrected chi connectivity index (χ0v) is 24.1. The number of nitrogens with one attached hydrogen (secondary N) is 3. The standard InChI is InChI=1S/C32H28BrN5O4/c33-28-15-23(13-14-30(28)41-20-25-11-6-10-24-9-4-5-12-27(24)25)17-36-38-31(39)29(16-26-18-34-21-35-26)37-32(40)42-19-22-7-2-1-3-8-22/h1-15,17-18,21,29H,16,19-20H2,(H,34,35)(H,37,40)(H,38,39)/b36-17-/t29-/m0/s1. The number of aromatic amines is 1. The fourth-order valence-corrected chi connectivity index (χ4v) is 4.78. The number of alkyl carbamates (subject to hydrolysis) is 1. The van der Waals surface area contributed by atoms with Crippen molar-refractivity contribution in [3.05, 3.63) is 130 Å². The number of carbonyl (C=O) groups is 2. The number of imidazole rings is 1. The van der Waals surface area contributed by atoms with E-state index < -0.39 is 18.0 Å². The van der Waals surface area contributed by atoms with Gasteiger partial charge in [-0.1, -0.05) is 72.8 Å². The lowest BCUT2D eigenvalue weighted by atomic mass is 10.1. The number of halogens is 1. The summed E-state index contributed by atoms with van der Waals surface area (Å²) in [6, 6.07) is 28.2. The van der Waals surface area contributed by atoms with E-state index in [2.05, 4.69) is 66.0 Å². The maximum atomic E-state index is 12.9. The van der Waals surface area contributed by atoms with E-state index in [-0.39, 0.29) is 13.0 Å². The van der Waals surface area contributed by atoms with Gasteiger partial charge in [0.2, 0.25) is 0 Å². The number of benzene rings is 4. The summed E-state index contributed by atoms with van der Waals surface area (Å²) < 4.78 is 12.1. The zero-order chi connectivity index (χ0) is 29.1. The molecule has 1 heterocycles. The fourth-order valence-electron chi connectivity index (χ4n) is 4.27. The molecule has 0 spiro atoms. The lowest BCUT2D eigenvalue weighted by molar-refractivity contribution is -0.123. The largest absolute Gasteiger partial charge is 0.488 e. The molecule has 5 rings (SSSR count). The van der Waals surface area contributed by atoms with Gasteiger partial charge in [-0.15, -0.1) is 0 Å². The van der Waals surface area contributed by atoms with Crippen molar-refractivity contribution in [2.45, 2.75) is 25.7 Å². The van der Waals surface area contributed by atoms with E-state index in [9.17, 15) is 9.59 Å². The molecule has 0 fully saturated rings. The number of amides is 2. The third-order valence-corrected chi connectivity index (χ3v) is 7.03. The number of hydrogen-bond acceptors (Lipinski definition) is 6. The topological polar surface area (TPSA) is 118 Å². The fraction of sp³-hybridized carbons (Fsp3) is 0.125. The Hall–Kier alpha value is -4.96. The first-order valence-electron chi connectivity index (χ1n) is 13.2. The van der Waals surface area contributed by atoms with Crippen LogP contribution < -0.4 is 15.5 Å². The monoisotopic (exact) mass is 625 g/mol. The van der Waals surface area contributed by atoms with Crippen molar-refractivity contribution in [2.75, 3.05) is 0 Å². The molecule has 212 valence electrons. The molecular formula is C32H28BrN5O4. The Labute approximate surface area is 251 Å². The molecule has 5 aromatic rings. The minimum atomic E-state index is -0.942. The van der Waals surface area contributed by atoms with Gasteiger partial charge in [0.25, 0.3) is 5.91 Å². The predicted molar refractivity (Wildman–Crippen MR) is 164 cm³/mol. The third kappa shape index (κ3) is 7.82. The lowest BCUT2D eigenvalue weighted by Crippen LogP contribution is -2.47. The van der Waals surface area contributed by atoms with Crippen LogP contribution in [0.5, 0.6) is 5.75 Å². The number of hydrazone groups is 1. The van der Waals surface area contributed by atoms with Gasteiger partial charge in [-0.2, -0.15) is 5.10 Å². The molecule has 1 aromatic heterocycles. The lowest BCUT2D eigenvalue weighted by Gasteiger charge is -2.16. The van der Waals surface area contributed by atoms with E-state index in [1.54, 1.807) is 6.20 Å². The van der Waals surface area contributed by atoms with Crippen molar-refractivity contribution < 1.29 is 19.1 Å². The second-order valence-electron chi connectivity index (χ2n) is 9.39. The van der Waals surface area contributed by atoms with Crippen LogP contribution >= 0.6 is 15.9 Å². The summed E-state index contributed by atoms with van der Waals surface area (Å²) in [4.78, 5) is 32.3. The summed E-state index contributed by atoms with van der Waals surface area (Å²) >= 11 is 3.56. The molecule has 0 aliphatic carbocycles. The highest BCUT2D eigenvalue weighted by molar-refractivity contribution is 9.10. The van der Waals surface area contributed by atoms with E-state index in [0.717, 1.165) is 31.9 Å². The molecule has 0 radical (unpaired) electrons. The maximum Gasteiger partial charge on any atom is 0.408 e. The zero-order valence-electron chi connectivity index (χ0n) is 22.5. The molecule has 9 nitrogen and oxygen atoms in total. The first-order valence-corrected chi connectivity index (χ1v) is 14.0. The van der Waals surface area contributed by atoms with Crippen LogP contribution in [0.25, 0.3) is 10.8 Å². The van der Waals surface area contributed by atoms with Gasteiger partial charge in [-0.25, -0.2) is 15.2 Å². The maximum absolute atomic E-state index is 12.9. The average Bonchev–Trinajstić information content (AvgIpc) is 3.53. The second-order valence-corrected chi connectivity index (χ2v) is 10.2. The van der Waals surface area contributed by atoms with E-state index in [0.29, 0.717) is 18.1 Å². The minimum Gasteiger partial charge on any atom is -0.488 e. The number of carbonyl (C=O) groups excluding carboxylic acids is 2. The Morgan fingerprint density at radius 3 is 2.60 bits per heavy atom. The number of H-pyrrole nitrogens is 1. The molecule has 3 N–H and O–H groups in total. The van der Waals surface area contributed by atoms with Gasteiger partial charge in [0.15, 0.2) is 0 Å². The Balaban J connectivity index is 1.17. The normalized spacial score (nSPS) is 11.7. The molecule has 2 amide bonds. The molecule has 1 atom stereocenters. The summed E-state index contributed by atoms with van der Waals surface area (Å²) in [5.41, 5.74) is 5.84. The van der Waals surface area contributed by atoms with Crippen molar-refractivity contribution in [1.82, 2.24) is 20.7 Å². The molecule has 0 aliphatic rings. The van der Waals surface area contributed by atoms with Crippen molar-refractivity contribution in [1.29, 1.82) is 0 Å². The summed E-state index contributed by atoms with van der Waals surface area (Å²) in [7, 11) is 0. The molecule has 0 unspecified atom stereocenters. The van der Waals surface area contributed by atoms with E-state index in [4.69, 9.17) is 9.47 Å². The number of fused-ring (bicyclic) bond motifs is 1. The van der Waals surface area contributed by atoms with Crippen LogP contribution in [0.2, 0.25) is 0 Å². The number of nitrogens with zero attached hydrogens (tertiary/aromatic N) is 2. The molecular weight excluding hydrogens is 598 g/mol. The first kappa shape index (κ1) is 28.6. The van der Waals surface area contributed by atoms with Crippen molar-refractivity contribution in [3.8, 4) is 5.75 Å². The summed E-state index contributed by atoms with van der Waals surface area (Å²) in [5.74, 6) is 0.175. The Morgan fingerprint density at radius 2 is 1.79 bits per heavy atom. The average molecular weight is 627 g/mol.